The third kappa shape index (κ3) is 2.65. The summed E-state index contributed by atoms with van der Waals surface area (Å²) in [5, 5.41) is 17.3. The average Bonchev–Trinajstić information content (AvgIpc) is 2.42. The third-order valence-corrected chi connectivity index (χ3v) is 2.13. The van der Waals surface area contributed by atoms with E-state index in [9.17, 15) is 4.79 Å². The van der Waals surface area contributed by atoms with Gasteiger partial charge in [-0.25, -0.2) is 0 Å². The van der Waals surface area contributed by atoms with Crippen molar-refractivity contribution in [2.24, 2.45) is 5.41 Å². The average molecular weight is 198 g/mol. The van der Waals surface area contributed by atoms with Crippen molar-refractivity contribution >= 4 is 5.78 Å². The highest BCUT2D eigenvalue weighted by atomic mass is 16.1. The summed E-state index contributed by atoms with van der Waals surface area (Å²) in [5.74, 6) is -0.222. The second-order valence-corrected chi connectivity index (χ2v) is 3.47. The topological polar surface area (TPSA) is 64.7 Å². The molecule has 0 saturated heterocycles. The number of hydrogen-bond donors (Lipinski definition) is 0. The Bertz CT molecular complexity index is 443. The fourth-order valence-corrected chi connectivity index (χ4v) is 1.16. The molecule has 0 aromatic rings. The molecule has 0 aromatic carbocycles. The predicted octanol–water partition coefficient (Wildman–Crippen LogP) is 2.05. The van der Waals surface area contributed by atoms with E-state index in [4.69, 9.17) is 10.5 Å². The second kappa shape index (κ2) is 4.39. The van der Waals surface area contributed by atoms with Crippen molar-refractivity contribution < 1.29 is 4.79 Å². The SMILES string of the molecule is CC1(C#N)C=CC=C(C(=O)CC#N)C=C1. The van der Waals surface area contributed by atoms with Gasteiger partial charge in [-0.05, 0) is 6.92 Å². The summed E-state index contributed by atoms with van der Waals surface area (Å²) in [6, 6.07) is 3.94. The Morgan fingerprint density at radius 3 is 2.80 bits per heavy atom. The van der Waals surface area contributed by atoms with Crippen molar-refractivity contribution in [2.45, 2.75) is 13.3 Å². The number of allylic oxidation sites excluding steroid dienone is 6. The predicted molar refractivity (Wildman–Crippen MR) is 55.3 cm³/mol. The lowest BCUT2D eigenvalue weighted by Crippen LogP contribution is -2.04. The molecule has 15 heavy (non-hydrogen) atoms. The molecular weight excluding hydrogens is 188 g/mol. The molecule has 1 aliphatic carbocycles. The van der Waals surface area contributed by atoms with Gasteiger partial charge in [0.05, 0.1) is 24.0 Å². The molecule has 0 aromatic heterocycles. The van der Waals surface area contributed by atoms with Gasteiger partial charge >= 0.3 is 0 Å². The minimum atomic E-state index is -0.675. The Kier molecular flexibility index (Phi) is 3.21. The first kappa shape index (κ1) is 10.9. The minimum Gasteiger partial charge on any atom is -0.293 e. The Labute approximate surface area is 88.6 Å². The summed E-state index contributed by atoms with van der Waals surface area (Å²) in [5.41, 5.74) is -0.211. The Balaban J connectivity index is 2.93. The van der Waals surface area contributed by atoms with Crippen LogP contribution in [0, 0.1) is 28.1 Å². The van der Waals surface area contributed by atoms with E-state index in [1.807, 2.05) is 0 Å². The maximum atomic E-state index is 11.4. The summed E-state index contributed by atoms with van der Waals surface area (Å²) in [6.07, 6.45) is 8.15. The number of nitrogens with zero attached hydrogens (tertiary/aromatic N) is 2. The van der Waals surface area contributed by atoms with E-state index in [1.165, 1.54) is 0 Å². The van der Waals surface area contributed by atoms with E-state index in [1.54, 1.807) is 43.4 Å². The first-order valence-corrected chi connectivity index (χ1v) is 4.51. The van der Waals surface area contributed by atoms with Gasteiger partial charge in [-0.3, -0.25) is 4.79 Å². The van der Waals surface area contributed by atoms with Gasteiger partial charge in [0.1, 0.15) is 0 Å². The van der Waals surface area contributed by atoms with Crippen LogP contribution in [0.5, 0.6) is 0 Å². The minimum absolute atomic E-state index is 0.132. The smallest absolute Gasteiger partial charge is 0.176 e. The first-order chi connectivity index (χ1) is 7.11. The molecule has 0 saturated carbocycles. The molecule has 0 N–H and O–H groups in total. The maximum Gasteiger partial charge on any atom is 0.176 e. The van der Waals surface area contributed by atoms with Gasteiger partial charge in [-0.15, -0.1) is 0 Å². The van der Waals surface area contributed by atoms with Gasteiger partial charge in [0.2, 0.25) is 0 Å². The Morgan fingerprint density at radius 2 is 2.20 bits per heavy atom. The largest absolute Gasteiger partial charge is 0.293 e. The molecule has 74 valence electrons. The summed E-state index contributed by atoms with van der Waals surface area (Å²) in [7, 11) is 0. The van der Waals surface area contributed by atoms with Crippen molar-refractivity contribution in [3.63, 3.8) is 0 Å². The van der Waals surface area contributed by atoms with Crippen LogP contribution in [-0.4, -0.2) is 5.78 Å². The van der Waals surface area contributed by atoms with Gasteiger partial charge in [0.25, 0.3) is 0 Å². The number of hydrogen-bond acceptors (Lipinski definition) is 3. The molecule has 1 atom stereocenters. The van der Waals surface area contributed by atoms with E-state index in [-0.39, 0.29) is 12.2 Å². The van der Waals surface area contributed by atoms with Crippen molar-refractivity contribution in [3.8, 4) is 12.1 Å². The molecule has 1 aliphatic rings. The van der Waals surface area contributed by atoms with Crippen molar-refractivity contribution in [3.05, 3.63) is 36.0 Å². The lowest BCUT2D eigenvalue weighted by Gasteiger charge is -2.08. The number of nitriles is 2. The third-order valence-electron chi connectivity index (χ3n) is 2.13. The van der Waals surface area contributed by atoms with E-state index < -0.39 is 5.41 Å². The summed E-state index contributed by atoms with van der Waals surface area (Å²) in [4.78, 5) is 11.4. The first-order valence-electron chi connectivity index (χ1n) is 4.51. The second-order valence-electron chi connectivity index (χ2n) is 3.47. The number of Topliss-reactive ketones (excluding diaryl/α,β-unsaturated/α-hetero) is 1. The monoisotopic (exact) mass is 198 g/mol. The quantitative estimate of drug-likeness (QED) is 0.682. The van der Waals surface area contributed by atoms with Crippen molar-refractivity contribution in [1.29, 1.82) is 10.5 Å². The molecule has 0 radical (unpaired) electrons. The zero-order valence-corrected chi connectivity index (χ0v) is 8.40. The highest BCUT2D eigenvalue weighted by Crippen LogP contribution is 2.23. The van der Waals surface area contributed by atoms with E-state index in [2.05, 4.69) is 6.07 Å². The van der Waals surface area contributed by atoms with Crippen LogP contribution >= 0.6 is 0 Å². The molecule has 0 spiro atoms. The lowest BCUT2D eigenvalue weighted by atomic mass is 9.92. The summed E-state index contributed by atoms with van der Waals surface area (Å²) < 4.78 is 0. The van der Waals surface area contributed by atoms with Crippen LogP contribution in [0.1, 0.15) is 13.3 Å². The van der Waals surface area contributed by atoms with Gasteiger partial charge in [-0.1, -0.05) is 30.4 Å². The Hall–Kier alpha value is -2.13. The van der Waals surface area contributed by atoms with Crippen LogP contribution in [0.25, 0.3) is 0 Å². The van der Waals surface area contributed by atoms with Crippen LogP contribution < -0.4 is 0 Å². The molecule has 3 nitrogen and oxygen atoms in total. The number of rotatable bonds is 2. The lowest BCUT2D eigenvalue weighted by molar-refractivity contribution is -0.114. The Morgan fingerprint density at radius 1 is 1.47 bits per heavy atom. The zero-order valence-electron chi connectivity index (χ0n) is 8.40. The molecule has 0 amide bonds. The number of carbonyl (C=O) groups is 1. The van der Waals surface area contributed by atoms with Gasteiger partial charge in [0, 0.05) is 5.57 Å². The molecule has 3 heteroatoms. The van der Waals surface area contributed by atoms with Crippen LogP contribution in [0.15, 0.2) is 36.0 Å². The highest BCUT2D eigenvalue weighted by Gasteiger charge is 2.18. The molecule has 0 fully saturated rings. The van der Waals surface area contributed by atoms with Crippen LogP contribution in [0.2, 0.25) is 0 Å². The van der Waals surface area contributed by atoms with E-state index in [0.29, 0.717) is 5.57 Å². The maximum absolute atomic E-state index is 11.4. The molecule has 1 unspecified atom stereocenters. The number of carbonyl (C=O) groups excluding carboxylic acids is 1. The van der Waals surface area contributed by atoms with Gasteiger partial charge in [-0.2, -0.15) is 10.5 Å². The van der Waals surface area contributed by atoms with E-state index >= 15 is 0 Å². The molecule has 0 heterocycles. The summed E-state index contributed by atoms with van der Waals surface area (Å²) in [6.45, 7) is 1.76. The molecular formula is C12H10N2O. The van der Waals surface area contributed by atoms with Crippen molar-refractivity contribution in [2.75, 3.05) is 0 Å². The van der Waals surface area contributed by atoms with Crippen LogP contribution in [0.4, 0.5) is 0 Å². The zero-order chi connectivity index (χ0) is 11.3. The normalized spacial score (nSPS) is 23.5. The highest BCUT2D eigenvalue weighted by molar-refractivity contribution is 5.99. The molecule has 0 aliphatic heterocycles. The van der Waals surface area contributed by atoms with E-state index in [0.717, 1.165) is 0 Å². The molecule has 0 bridgehead atoms. The molecule has 1 rings (SSSR count). The number of ketones is 1. The standard InChI is InChI=1S/C12H10N2O/c1-12(9-14)6-2-3-10(4-7-12)11(15)5-8-13/h2-4,6-7H,5H2,1H3. The van der Waals surface area contributed by atoms with Gasteiger partial charge in [0.15, 0.2) is 5.78 Å². The van der Waals surface area contributed by atoms with Crippen LogP contribution in [0.3, 0.4) is 0 Å². The van der Waals surface area contributed by atoms with Crippen LogP contribution in [-0.2, 0) is 4.79 Å². The fourth-order valence-electron chi connectivity index (χ4n) is 1.16. The fraction of sp³-hybridized carbons (Fsp3) is 0.250. The van der Waals surface area contributed by atoms with Gasteiger partial charge < -0.3 is 0 Å². The van der Waals surface area contributed by atoms with Crippen molar-refractivity contribution in [1.82, 2.24) is 0 Å². The summed E-state index contributed by atoms with van der Waals surface area (Å²) >= 11 is 0.